The van der Waals surface area contributed by atoms with E-state index in [-0.39, 0.29) is 11.9 Å². The van der Waals surface area contributed by atoms with Crippen molar-refractivity contribution in [2.24, 2.45) is 5.92 Å². The molecule has 1 atom stereocenters. The van der Waals surface area contributed by atoms with Crippen LogP contribution in [0.5, 0.6) is 0 Å². The summed E-state index contributed by atoms with van der Waals surface area (Å²) in [5.41, 5.74) is -1.03. The zero-order valence-corrected chi connectivity index (χ0v) is 12.1. The standard InChI is InChI=1S/C14H25NO4/c1-4-6-12(13(17)19-5-2)14(18)7-9-15(10-8-14)11(3)16/h12,18H,4-10H2,1-3H3. The fourth-order valence-corrected chi connectivity index (χ4v) is 2.69. The highest BCUT2D eigenvalue weighted by atomic mass is 16.5. The first-order valence-corrected chi connectivity index (χ1v) is 7.09. The number of aliphatic hydroxyl groups is 1. The molecule has 110 valence electrons. The molecule has 0 bridgehead atoms. The van der Waals surface area contributed by atoms with Crippen LogP contribution in [0.25, 0.3) is 0 Å². The number of rotatable bonds is 5. The Labute approximate surface area is 114 Å². The van der Waals surface area contributed by atoms with Gasteiger partial charge in [0.1, 0.15) is 0 Å². The summed E-state index contributed by atoms with van der Waals surface area (Å²) in [6, 6.07) is 0. The molecule has 1 fully saturated rings. The quantitative estimate of drug-likeness (QED) is 0.766. The third-order valence-electron chi connectivity index (χ3n) is 3.87. The van der Waals surface area contributed by atoms with Crippen LogP contribution in [0.1, 0.15) is 46.5 Å². The van der Waals surface area contributed by atoms with E-state index in [2.05, 4.69) is 0 Å². The van der Waals surface area contributed by atoms with Gasteiger partial charge in [-0.2, -0.15) is 0 Å². The molecule has 1 heterocycles. The highest BCUT2D eigenvalue weighted by Crippen LogP contribution is 2.33. The van der Waals surface area contributed by atoms with Crippen molar-refractivity contribution in [3.63, 3.8) is 0 Å². The molecule has 0 aromatic carbocycles. The van der Waals surface area contributed by atoms with E-state index < -0.39 is 11.5 Å². The first-order chi connectivity index (χ1) is 8.94. The van der Waals surface area contributed by atoms with Crippen molar-refractivity contribution in [1.82, 2.24) is 4.90 Å². The summed E-state index contributed by atoms with van der Waals surface area (Å²) in [6.45, 7) is 6.62. The van der Waals surface area contributed by atoms with Crippen molar-refractivity contribution in [2.75, 3.05) is 19.7 Å². The van der Waals surface area contributed by atoms with E-state index in [0.29, 0.717) is 39.0 Å². The molecule has 0 aromatic rings. The zero-order valence-electron chi connectivity index (χ0n) is 12.1. The number of carbonyl (C=O) groups excluding carboxylic acids is 2. The molecule has 5 nitrogen and oxygen atoms in total. The molecule has 1 saturated heterocycles. The van der Waals surface area contributed by atoms with Gasteiger partial charge in [0.15, 0.2) is 0 Å². The van der Waals surface area contributed by atoms with E-state index >= 15 is 0 Å². The molecule has 0 spiro atoms. The van der Waals surface area contributed by atoms with Gasteiger partial charge in [-0.1, -0.05) is 13.3 Å². The number of carbonyl (C=O) groups is 2. The van der Waals surface area contributed by atoms with Gasteiger partial charge in [-0.3, -0.25) is 9.59 Å². The van der Waals surface area contributed by atoms with Crippen LogP contribution in [0.15, 0.2) is 0 Å². The molecule has 0 aliphatic carbocycles. The van der Waals surface area contributed by atoms with E-state index in [1.54, 1.807) is 11.8 Å². The molecular formula is C14H25NO4. The van der Waals surface area contributed by atoms with Crippen LogP contribution in [-0.4, -0.2) is 47.2 Å². The van der Waals surface area contributed by atoms with Gasteiger partial charge in [0, 0.05) is 20.0 Å². The first kappa shape index (κ1) is 16.0. The average molecular weight is 271 g/mol. The Morgan fingerprint density at radius 2 is 1.89 bits per heavy atom. The molecule has 1 rings (SSSR count). The van der Waals surface area contributed by atoms with Crippen molar-refractivity contribution in [3.8, 4) is 0 Å². The first-order valence-electron chi connectivity index (χ1n) is 7.09. The van der Waals surface area contributed by atoms with Crippen molar-refractivity contribution >= 4 is 11.9 Å². The second-order valence-electron chi connectivity index (χ2n) is 5.20. The lowest BCUT2D eigenvalue weighted by Gasteiger charge is -2.41. The number of likely N-dealkylation sites (tertiary alicyclic amines) is 1. The molecule has 0 saturated carbocycles. The van der Waals surface area contributed by atoms with Crippen LogP contribution in [0.3, 0.4) is 0 Å². The van der Waals surface area contributed by atoms with Crippen LogP contribution in [-0.2, 0) is 14.3 Å². The molecule has 1 amide bonds. The monoisotopic (exact) mass is 271 g/mol. The number of amides is 1. The molecule has 1 N–H and O–H groups in total. The van der Waals surface area contributed by atoms with Crippen molar-refractivity contribution in [2.45, 2.75) is 52.1 Å². The molecule has 1 aliphatic heterocycles. The summed E-state index contributed by atoms with van der Waals surface area (Å²) >= 11 is 0. The maximum atomic E-state index is 12.0. The highest BCUT2D eigenvalue weighted by molar-refractivity contribution is 5.75. The molecule has 19 heavy (non-hydrogen) atoms. The Bertz CT molecular complexity index is 321. The fraction of sp³-hybridized carbons (Fsp3) is 0.857. The van der Waals surface area contributed by atoms with Gasteiger partial charge in [0.2, 0.25) is 5.91 Å². The lowest BCUT2D eigenvalue weighted by atomic mass is 9.77. The maximum Gasteiger partial charge on any atom is 0.311 e. The van der Waals surface area contributed by atoms with E-state index in [4.69, 9.17) is 4.74 Å². The Balaban J connectivity index is 2.73. The second-order valence-corrected chi connectivity index (χ2v) is 5.20. The summed E-state index contributed by atoms with van der Waals surface area (Å²) < 4.78 is 5.07. The Morgan fingerprint density at radius 1 is 1.32 bits per heavy atom. The molecule has 0 radical (unpaired) electrons. The molecule has 1 aliphatic rings. The van der Waals surface area contributed by atoms with Crippen molar-refractivity contribution < 1.29 is 19.4 Å². The Hall–Kier alpha value is -1.10. The summed E-state index contributed by atoms with van der Waals surface area (Å²) in [5.74, 6) is -0.778. The van der Waals surface area contributed by atoms with Crippen LogP contribution in [0.4, 0.5) is 0 Å². The topological polar surface area (TPSA) is 66.8 Å². The van der Waals surface area contributed by atoms with E-state index in [1.165, 1.54) is 6.92 Å². The summed E-state index contributed by atoms with van der Waals surface area (Å²) in [7, 11) is 0. The number of hydrogen-bond acceptors (Lipinski definition) is 4. The number of hydrogen-bond donors (Lipinski definition) is 1. The largest absolute Gasteiger partial charge is 0.466 e. The van der Waals surface area contributed by atoms with Crippen molar-refractivity contribution in [1.29, 1.82) is 0 Å². The summed E-state index contributed by atoms with van der Waals surface area (Å²) in [6.07, 6.45) is 2.32. The van der Waals surface area contributed by atoms with Gasteiger partial charge < -0.3 is 14.7 Å². The molecular weight excluding hydrogens is 246 g/mol. The lowest BCUT2D eigenvalue weighted by molar-refractivity contribution is -0.163. The maximum absolute atomic E-state index is 12.0. The minimum atomic E-state index is -1.03. The molecule has 0 aromatic heterocycles. The van der Waals surface area contributed by atoms with Gasteiger partial charge in [-0.05, 0) is 26.2 Å². The second kappa shape index (κ2) is 6.89. The van der Waals surface area contributed by atoms with Gasteiger partial charge in [-0.15, -0.1) is 0 Å². The zero-order chi connectivity index (χ0) is 14.5. The normalized spacial score (nSPS) is 19.9. The highest BCUT2D eigenvalue weighted by Gasteiger charge is 2.44. The van der Waals surface area contributed by atoms with E-state index in [0.717, 1.165) is 6.42 Å². The number of esters is 1. The Morgan fingerprint density at radius 3 is 2.32 bits per heavy atom. The van der Waals surface area contributed by atoms with Gasteiger partial charge in [0.05, 0.1) is 18.1 Å². The predicted molar refractivity (Wildman–Crippen MR) is 71.5 cm³/mol. The van der Waals surface area contributed by atoms with Crippen molar-refractivity contribution in [3.05, 3.63) is 0 Å². The average Bonchev–Trinajstić information content (AvgIpc) is 2.36. The summed E-state index contributed by atoms with van der Waals surface area (Å²) in [5, 5.41) is 10.7. The lowest BCUT2D eigenvalue weighted by Crippen LogP contribution is -2.52. The van der Waals surface area contributed by atoms with E-state index in [1.807, 2.05) is 6.92 Å². The number of piperidine rings is 1. The minimum Gasteiger partial charge on any atom is -0.466 e. The predicted octanol–water partition coefficient (Wildman–Crippen LogP) is 1.34. The molecule has 5 heteroatoms. The molecule has 1 unspecified atom stereocenters. The van der Waals surface area contributed by atoms with Gasteiger partial charge >= 0.3 is 5.97 Å². The van der Waals surface area contributed by atoms with Gasteiger partial charge in [0.25, 0.3) is 0 Å². The number of ether oxygens (including phenoxy) is 1. The smallest absolute Gasteiger partial charge is 0.311 e. The van der Waals surface area contributed by atoms with Gasteiger partial charge in [-0.25, -0.2) is 0 Å². The fourth-order valence-electron chi connectivity index (χ4n) is 2.69. The van der Waals surface area contributed by atoms with Crippen LogP contribution in [0.2, 0.25) is 0 Å². The van der Waals surface area contributed by atoms with E-state index in [9.17, 15) is 14.7 Å². The third kappa shape index (κ3) is 3.93. The minimum absolute atomic E-state index is 0.0187. The van der Waals surface area contributed by atoms with Crippen LogP contribution < -0.4 is 0 Å². The number of nitrogens with zero attached hydrogens (tertiary/aromatic N) is 1. The van der Waals surface area contributed by atoms with Crippen LogP contribution in [0, 0.1) is 5.92 Å². The SMILES string of the molecule is CCCC(C(=O)OCC)C1(O)CCN(C(C)=O)CC1. The summed E-state index contributed by atoms with van der Waals surface area (Å²) in [4.78, 5) is 25.0. The third-order valence-corrected chi connectivity index (χ3v) is 3.87. The Kier molecular flexibility index (Phi) is 5.79. The van der Waals surface area contributed by atoms with Crippen LogP contribution >= 0.6 is 0 Å².